The lowest BCUT2D eigenvalue weighted by Gasteiger charge is -2.01. The number of amides is 1. The van der Waals surface area contributed by atoms with Crippen molar-refractivity contribution in [3.05, 3.63) is 17.9 Å². The summed E-state index contributed by atoms with van der Waals surface area (Å²) in [4.78, 5) is 20.9. The second-order valence-corrected chi connectivity index (χ2v) is 4.74. The van der Waals surface area contributed by atoms with Crippen molar-refractivity contribution in [3.63, 3.8) is 0 Å². The Labute approximate surface area is 96.5 Å². The average molecular weight is 262 g/mol. The third-order valence-electron chi connectivity index (χ3n) is 1.72. The summed E-state index contributed by atoms with van der Waals surface area (Å²) < 4.78 is 29.6. The SMILES string of the molecule is NC(=O)CCNS(=O)(=O)c1ccc(C(=O)O)o1. The van der Waals surface area contributed by atoms with Crippen molar-refractivity contribution >= 4 is 21.9 Å². The first kappa shape index (κ1) is 13.2. The molecule has 1 amide bonds. The monoisotopic (exact) mass is 262 g/mol. The Bertz CT molecular complexity index is 532. The van der Waals surface area contributed by atoms with Crippen molar-refractivity contribution < 1.29 is 27.5 Å². The summed E-state index contributed by atoms with van der Waals surface area (Å²) in [7, 11) is -3.96. The summed E-state index contributed by atoms with van der Waals surface area (Å²) in [6, 6.07) is 2.03. The number of hydrogen-bond donors (Lipinski definition) is 3. The molecule has 0 radical (unpaired) electrons. The standard InChI is InChI=1S/C8H10N2O6S/c9-6(11)3-4-10-17(14,15)7-2-1-5(16-7)8(12)13/h1-2,10H,3-4H2,(H2,9,11)(H,12,13). The third-order valence-corrected chi connectivity index (χ3v) is 3.05. The molecule has 0 unspecified atom stereocenters. The number of furan rings is 1. The number of carbonyl (C=O) groups is 2. The maximum atomic E-state index is 11.5. The fourth-order valence-corrected chi connectivity index (χ4v) is 1.92. The molecule has 1 rings (SSSR count). The van der Waals surface area contributed by atoms with E-state index in [1.165, 1.54) is 0 Å². The van der Waals surface area contributed by atoms with Crippen LogP contribution in [0.3, 0.4) is 0 Å². The first-order chi connectivity index (χ1) is 7.83. The highest BCUT2D eigenvalue weighted by atomic mass is 32.2. The summed E-state index contributed by atoms with van der Waals surface area (Å²) in [6.45, 7) is -0.180. The van der Waals surface area contributed by atoms with Crippen LogP contribution in [0.15, 0.2) is 21.6 Å². The van der Waals surface area contributed by atoms with Gasteiger partial charge in [-0.05, 0) is 12.1 Å². The van der Waals surface area contributed by atoms with E-state index in [0.717, 1.165) is 12.1 Å². The number of carbonyl (C=O) groups excluding carboxylic acids is 1. The molecule has 4 N–H and O–H groups in total. The second-order valence-electron chi connectivity index (χ2n) is 3.04. The van der Waals surface area contributed by atoms with Crippen LogP contribution >= 0.6 is 0 Å². The molecular formula is C8H10N2O6S. The van der Waals surface area contributed by atoms with Crippen LogP contribution in [-0.4, -0.2) is 31.9 Å². The molecular weight excluding hydrogens is 252 g/mol. The zero-order valence-electron chi connectivity index (χ0n) is 8.54. The summed E-state index contributed by atoms with van der Waals surface area (Å²) >= 11 is 0. The Morgan fingerprint density at radius 2 is 2.06 bits per heavy atom. The van der Waals surface area contributed by atoms with Crippen LogP contribution in [0.25, 0.3) is 0 Å². The van der Waals surface area contributed by atoms with Crippen LogP contribution in [0.5, 0.6) is 0 Å². The molecule has 0 saturated carbocycles. The summed E-state index contributed by atoms with van der Waals surface area (Å²) in [6.07, 6.45) is -0.161. The van der Waals surface area contributed by atoms with Gasteiger partial charge in [-0.3, -0.25) is 4.79 Å². The van der Waals surface area contributed by atoms with Crippen LogP contribution in [0.2, 0.25) is 0 Å². The third kappa shape index (κ3) is 3.57. The van der Waals surface area contributed by atoms with Gasteiger partial charge < -0.3 is 15.3 Å². The van der Waals surface area contributed by atoms with Gasteiger partial charge in [0.2, 0.25) is 16.8 Å². The van der Waals surface area contributed by atoms with Crippen molar-refractivity contribution in [1.82, 2.24) is 4.72 Å². The summed E-state index contributed by atoms with van der Waals surface area (Å²) in [5, 5.41) is 8.01. The van der Waals surface area contributed by atoms with Crippen molar-refractivity contribution in [2.24, 2.45) is 5.73 Å². The number of sulfonamides is 1. The van der Waals surface area contributed by atoms with Gasteiger partial charge in [0, 0.05) is 13.0 Å². The van der Waals surface area contributed by atoms with E-state index in [9.17, 15) is 18.0 Å². The van der Waals surface area contributed by atoms with E-state index in [2.05, 4.69) is 4.42 Å². The number of hydrogen-bond acceptors (Lipinski definition) is 5. The Hall–Kier alpha value is -1.87. The van der Waals surface area contributed by atoms with Gasteiger partial charge in [-0.25, -0.2) is 17.9 Å². The van der Waals surface area contributed by atoms with Crippen molar-refractivity contribution in [2.45, 2.75) is 11.5 Å². The lowest BCUT2D eigenvalue weighted by Crippen LogP contribution is -2.27. The van der Waals surface area contributed by atoms with Gasteiger partial charge >= 0.3 is 5.97 Å². The number of aromatic carboxylic acids is 1. The van der Waals surface area contributed by atoms with Gasteiger partial charge in [0.25, 0.3) is 10.0 Å². The first-order valence-corrected chi connectivity index (χ1v) is 5.92. The Morgan fingerprint density at radius 3 is 2.53 bits per heavy atom. The molecule has 8 nitrogen and oxygen atoms in total. The molecule has 0 fully saturated rings. The van der Waals surface area contributed by atoms with E-state index in [1.807, 2.05) is 4.72 Å². The quantitative estimate of drug-likeness (QED) is 0.608. The van der Waals surface area contributed by atoms with Gasteiger partial charge in [-0.15, -0.1) is 0 Å². The number of rotatable bonds is 6. The van der Waals surface area contributed by atoms with Gasteiger partial charge in [-0.2, -0.15) is 0 Å². The number of carboxylic acid groups (broad SMARTS) is 1. The Kier molecular flexibility index (Phi) is 3.86. The molecule has 1 aromatic heterocycles. The molecule has 0 spiro atoms. The van der Waals surface area contributed by atoms with Crippen LogP contribution in [-0.2, 0) is 14.8 Å². The minimum atomic E-state index is -3.96. The highest BCUT2D eigenvalue weighted by molar-refractivity contribution is 7.89. The number of nitrogens with one attached hydrogen (secondary N) is 1. The molecule has 0 atom stereocenters. The normalized spacial score (nSPS) is 11.3. The minimum absolute atomic E-state index is 0.161. The number of primary amides is 1. The van der Waals surface area contributed by atoms with E-state index >= 15 is 0 Å². The zero-order valence-corrected chi connectivity index (χ0v) is 9.36. The van der Waals surface area contributed by atoms with Crippen molar-refractivity contribution in [1.29, 1.82) is 0 Å². The Morgan fingerprint density at radius 1 is 1.41 bits per heavy atom. The molecule has 0 aliphatic rings. The van der Waals surface area contributed by atoms with E-state index in [-0.39, 0.29) is 13.0 Å². The molecule has 0 saturated heterocycles. The summed E-state index contributed by atoms with van der Waals surface area (Å²) in [5.74, 6) is -2.51. The van der Waals surface area contributed by atoms with Gasteiger partial charge in [0.1, 0.15) is 0 Å². The van der Waals surface area contributed by atoms with Gasteiger partial charge in [-0.1, -0.05) is 0 Å². The lowest BCUT2D eigenvalue weighted by atomic mass is 10.4. The topological polar surface area (TPSA) is 140 Å². The fraction of sp³-hybridized carbons (Fsp3) is 0.250. The predicted octanol–water partition coefficient (Wildman–Crippen LogP) is -0.869. The van der Waals surface area contributed by atoms with Crippen LogP contribution in [0.4, 0.5) is 0 Å². The molecule has 0 aliphatic carbocycles. The highest BCUT2D eigenvalue weighted by Crippen LogP contribution is 2.13. The molecule has 0 aromatic carbocycles. The first-order valence-electron chi connectivity index (χ1n) is 4.44. The number of carboxylic acids is 1. The molecule has 1 heterocycles. The Balaban J connectivity index is 2.75. The molecule has 0 aliphatic heterocycles. The van der Waals surface area contributed by atoms with E-state index in [1.54, 1.807) is 0 Å². The minimum Gasteiger partial charge on any atom is -0.475 e. The van der Waals surface area contributed by atoms with Crippen molar-refractivity contribution in [3.8, 4) is 0 Å². The predicted molar refractivity (Wildman–Crippen MR) is 54.7 cm³/mol. The fourth-order valence-electron chi connectivity index (χ4n) is 0.959. The van der Waals surface area contributed by atoms with Crippen LogP contribution in [0, 0.1) is 0 Å². The molecule has 17 heavy (non-hydrogen) atoms. The smallest absolute Gasteiger partial charge is 0.371 e. The maximum Gasteiger partial charge on any atom is 0.371 e. The summed E-state index contributed by atoms with van der Waals surface area (Å²) in [5.41, 5.74) is 4.83. The number of nitrogens with two attached hydrogens (primary N) is 1. The largest absolute Gasteiger partial charge is 0.475 e. The lowest BCUT2D eigenvalue weighted by molar-refractivity contribution is -0.117. The highest BCUT2D eigenvalue weighted by Gasteiger charge is 2.20. The van der Waals surface area contributed by atoms with E-state index in [0.29, 0.717) is 0 Å². The van der Waals surface area contributed by atoms with Gasteiger partial charge in [0.05, 0.1) is 0 Å². The molecule has 9 heteroatoms. The van der Waals surface area contributed by atoms with Crippen molar-refractivity contribution in [2.75, 3.05) is 6.54 Å². The van der Waals surface area contributed by atoms with Crippen LogP contribution < -0.4 is 10.5 Å². The van der Waals surface area contributed by atoms with E-state index in [4.69, 9.17) is 10.8 Å². The van der Waals surface area contributed by atoms with E-state index < -0.39 is 32.8 Å². The maximum absolute atomic E-state index is 11.5. The molecule has 94 valence electrons. The van der Waals surface area contributed by atoms with Gasteiger partial charge in [0.15, 0.2) is 0 Å². The second kappa shape index (κ2) is 4.97. The molecule has 1 aromatic rings. The average Bonchev–Trinajstić information content (AvgIpc) is 2.65. The zero-order chi connectivity index (χ0) is 13.1. The molecule has 0 bridgehead atoms. The van der Waals surface area contributed by atoms with Crippen LogP contribution in [0.1, 0.15) is 17.0 Å².